The molecule has 16 heavy (non-hydrogen) atoms. The largest absolute Gasteiger partial charge is 0.343 e. The number of amides is 2. The van der Waals surface area contributed by atoms with Crippen LogP contribution in [0.1, 0.15) is 12.5 Å². The van der Waals surface area contributed by atoms with E-state index in [-0.39, 0.29) is 11.8 Å². The molecule has 0 spiro atoms. The van der Waals surface area contributed by atoms with Crippen LogP contribution < -0.4 is 10.6 Å². The molecule has 1 aliphatic heterocycles. The van der Waals surface area contributed by atoms with E-state index in [0.29, 0.717) is 6.42 Å². The molecule has 1 aliphatic rings. The molecule has 0 aliphatic carbocycles. The van der Waals surface area contributed by atoms with Gasteiger partial charge in [0.1, 0.15) is 12.1 Å². The molecular formula is C12H14N2O2. The second kappa shape index (κ2) is 4.35. The van der Waals surface area contributed by atoms with Crippen LogP contribution in [0.5, 0.6) is 0 Å². The average Bonchev–Trinajstić information content (AvgIpc) is 2.27. The third-order valence-corrected chi connectivity index (χ3v) is 2.67. The van der Waals surface area contributed by atoms with E-state index in [9.17, 15) is 9.59 Å². The normalized spacial score (nSPS) is 24.8. The van der Waals surface area contributed by atoms with Crippen molar-refractivity contribution in [2.45, 2.75) is 25.4 Å². The molecule has 2 N–H and O–H groups in total. The molecule has 4 heteroatoms. The van der Waals surface area contributed by atoms with Gasteiger partial charge in [0.15, 0.2) is 0 Å². The van der Waals surface area contributed by atoms with Gasteiger partial charge < -0.3 is 10.6 Å². The number of carbonyl (C=O) groups excluding carboxylic acids is 2. The maximum absolute atomic E-state index is 11.6. The molecule has 1 aromatic rings. The summed E-state index contributed by atoms with van der Waals surface area (Å²) in [5.74, 6) is -0.239. The van der Waals surface area contributed by atoms with Crippen LogP contribution in [0.2, 0.25) is 0 Å². The molecule has 2 atom stereocenters. The molecule has 0 radical (unpaired) electrons. The molecule has 4 nitrogen and oxygen atoms in total. The molecule has 1 heterocycles. The lowest BCUT2D eigenvalue weighted by Gasteiger charge is -2.27. The van der Waals surface area contributed by atoms with Crippen LogP contribution in [-0.2, 0) is 16.0 Å². The highest BCUT2D eigenvalue weighted by Crippen LogP contribution is 2.06. The second-order valence-electron chi connectivity index (χ2n) is 3.98. The Bertz CT molecular complexity index is 403. The molecular weight excluding hydrogens is 204 g/mol. The molecule has 2 rings (SSSR count). The van der Waals surface area contributed by atoms with E-state index in [4.69, 9.17) is 0 Å². The first kappa shape index (κ1) is 10.7. The fourth-order valence-electron chi connectivity index (χ4n) is 1.74. The van der Waals surface area contributed by atoms with Crippen LogP contribution in [0.25, 0.3) is 0 Å². The summed E-state index contributed by atoms with van der Waals surface area (Å²) in [7, 11) is 0. The fourth-order valence-corrected chi connectivity index (χ4v) is 1.74. The minimum absolute atomic E-state index is 0.115. The van der Waals surface area contributed by atoms with E-state index in [1.54, 1.807) is 6.92 Å². The van der Waals surface area contributed by atoms with Gasteiger partial charge in [0.25, 0.3) is 0 Å². The molecule has 1 fully saturated rings. The maximum atomic E-state index is 11.6. The SMILES string of the molecule is C[C@H]1NC(=O)[C@H](Cc2ccccc2)NC1=O. The molecule has 1 saturated heterocycles. The highest BCUT2D eigenvalue weighted by molar-refractivity contribution is 5.96. The van der Waals surface area contributed by atoms with Gasteiger partial charge in [-0.15, -0.1) is 0 Å². The summed E-state index contributed by atoms with van der Waals surface area (Å²) in [6.45, 7) is 1.67. The lowest BCUT2D eigenvalue weighted by molar-refractivity contribution is -0.136. The van der Waals surface area contributed by atoms with Crippen molar-refractivity contribution in [1.29, 1.82) is 0 Å². The Kier molecular flexibility index (Phi) is 2.90. The van der Waals surface area contributed by atoms with Gasteiger partial charge in [0, 0.05) is 6.42 Å². The Morgan fingerprint density at radius 2 is 1.75 bits per heavy atom. The van der Waals surface area contributed by atoms with E-state index in [1.807, 2.05) is 30.3 Å². The summed E-state index contributed by atoms with van der Waals surface area (Å²) in [5, 5.41) is 5.36. The molecule has 0 aromatic heterocycles. The summed E-state index contributed by atoms with van der Waals surface area (Å²) in [4.78, 5) is 23.0. The first-order chi connectivity index (χ1) is 7.66. The minimum atomic E-state index is -0.453. The maximum Gasteiger partial charge on any atom is 0.243 e. The molecule has 0 saturated carbocycles. The smallest absolute Gasteiger partial charge is 0.243 e. The number of hydrogen-bond acceptors (Lipinski definition) is 2. The zero-order chi connectivity index (χ0) is 11.5. The second-order valence-corrected chi connectivity index (χ2v) is 3.98. The van der Waals surface area contributed by atoms with Crippen LogP contribution in [0.4, 0.5) is 0 Å². The quantitative estimate of drug-likeness (QED) is 0.746. The van der Waals surface area contributed by atoms with Gasteiger partial charge in [-0.1, -0.05) is 30.3 Å². The Labute approximate surface area is 94.0 Å². The molecule has 2 amide bonds. The van der Waals surface area contributed by atoms with E-state index < -0.39 is 12.1 Å². The Hall–Kier alpha value is -1.84. The summed E-state index contributed by atoms with van der Waals surface area (Å²) in [6, 6.07) is 8.76. The molecule has 84 valence electrons. The monoisotopic (exact) mass is 218 g/mol. The first-order valence-corrected chi connectivity index (χ1v) is 5.31. The first-order valence-electron chi connectivity index (χ1n) is 5.31. The Balaban J connectivity index is 2.05. The summed E-state index contributed by atoms with van der Waals surface area (Å²) in [5.41, 5.74) is 1.04. The van der Waals surface area contributed by atoms with Gasteiger partial charge in [-0.2, -0.15) is 0 Å². The summed E-state index contributed by atoms with van der Waals surface area (Å²) in [6.07, 6.45) is 0.533. The lowest BCUT2D eigenvalue weighted by Crippen LogP contribution is -2.61. The lowest BCUT2D eigenvalue weighted by atomic mass is 10.0. The number of rotatable bonds is 2. The van der Waals surface area contributed by atoms with Crippen LogP contribution >= 0.6 is 0 Å². The predicted molar refractivity (Wildman–Crippen MR) is 59.7 cm³/mol. The summed E-state index contributed by atoms with van der Waals surface area (Å²) < 4.78 is 0. The number of carbonyl (C=O) groups is 2. The topological polar surface area (TPSA) is 58.2 Å². The van der Waals surface area contributed by atoms with Crippen LogP contribution in [-0.4, -0.2) is 23.9 Å². The van der Waals surface area contributed by atoms with Crippen LogP contribution in [0.3, 0.4) is 0 Å². The number of nitrogens with one attached hydrogen (secondary N) is 2. The third kappa shape index (κ3) is 2.21. The number of benzene rings is 1. The zero-order valence-corrected chi connectivity index (χ0v) is 9.07. The molecule has 0 unspecified atom stereocenters. The van der Waals surface area contributed by atoms with Gasteiger partial charge >= 0.3 is 0 Å². The van der Waals surface area contributed by atoms with Crippen LogP contribution in [0.15, 0.2) is 30.3 Å². The van der Waals surface area contributed by atoms with E-state index in [2.05, 4.69) is 10.6 Å². The van der Waals surface area contributed by atoms with E-state index >= 15 is 0 Å². The average molecular weight is 218 g/mol. The molecule has 1 aromatic carbocycles. The van der Waals surface area contributed by atoms with Crippen molar-refractivity contribution in [1.82, 2.24) is 10.6 Å². The zero-order valence-electron chi connectivity index (χ0n) is 9.07. The van der Waals surface area contributed by atoms with Crippen molar-refractivity contribution in [3.8, 4) is 0 Å². The van der Waals surface area contributed by atoms with E-state index in [0.717, 1.165) is 5.56 Å². The number of hydrogen-bond donors (Lipinski definition) is 2. The van der Waals surface area contributed by atoms with Crippen molar-refractivity contribution in [3.63, 3.8) is 0 Å². The highest BCUT2D eigenvalue weighted by atomic mass is 16.2. The van der Waals surface area contributed by atoms with Crippen molar-refractivity contribution in [2.75, 3.05) is 0 Å². The minimum Gasteiger partial charge on any atom is -0.343 e. The number of piperazine rings is 1. The van der Waals surface area contributed by atoms with Gasteiger partial charge in [0.2, 0.25) is 11.8 Å². The van der Waals surface area contributed by atoms with Gasteiger partial charge in [-0.25, -0.2) is 0 Å². The van der Waals surface area contributed by atoms with Crippen molar-refractivity contribution in [2.24, 2.45) is 0 Å². The van der Waals surface area contributed by atoms with Crippen molar-refractivity contribution in [3.05, 3.63) is 35.9 Å². The third-order valence-electron chi connectivity index (χ3n) is 2.67. The fraction of sp³-hybridized carbons (Fsp3) is 0.333. The highest BCUT2D eigenvalue weighted by Gasteiger charge is 2.30. The Morgan fingerprint density at radius 3 is 2.44 bits per heavy atom. The van der Waals surface area contributed by atoms with Gasteiger partial charge in [-0.3, -0.25) is 9.59 Å². The van der Waals surface area contributed by atoms with Gasteiger partial charge in [-0.05, 0) is 12.5 Å². The predicted octanol–water partition coefficient (Wildman–Crippen LogP) is 0.232. The van der Waals surface area contributed by atoms with E-state index in [1.165, 1.54) is 0 Å². The molecule has 0 bridgehead atoms. The van der Waals surface area contributed by atoms with Crippen molar-refractivity contribution < 1.29 is 9.59 Å². The van der Waals surface area contributed by atoms with Gasteiger partial charge in [0.05, 0.1) is 0 Å². The standard InChI is InChI=1S/C12H14N2O2/c1-8-11(15)14-10(12(16)13-8)7-9-5-3-2-4-6-9/h2-6,8,10H,7H2,1H3,(H,13,16)(H,14,15)/t8-,10+/m1/s1. The summed E-state index contributed by atoms with van der Waals surface area (Å²) >= 11 is 0. The van der Waals surface area contributed by atoms with Crippen molar-refractivity contribution >= 4 is 11.8 Å². The van der Waals surface area contributed by atoms with Crippen LogP contribution in [0, 0.1) is 0 Å². The Morgan fingerprint density at radius 1 is 1.06 bits per heavy atom.